The van der Waals surface area contributed by atoms with Gasteiger partial charge in [0.1, 0.15) is 17.8 Å². The van der Waals surface area contributed by atoms with Gasteiger partial charge in [0.25, 0.3) is 10.1 Å². The molecule has 1 fully saturated rings. The van der Waals surface area contributed by atoms with Gasteiger partial charge in [-0.15, -0.1) is 0 Å². The third-order valence-electron chi connectivity index (χ3n) is 8.90. The highest BCUT2D eigenvalue weighted by atomic mass is 32.2. The van der Waals surface area contributed by atoms with E-state index in [2.05, 4.69) is 90.2 Å². The van der Waals surface area contributed by atoms with Gasteiger partial charge < -0.3 is 14.3 Å². The standard InChI is InChI=1S/C30H42N4O4SSi/c1-7-37-39(35,36)17-15-22-18-23(19-27(22)38-40(5,6)30(2,3)4)34-16-14-25-28(31-20-32-29(25)34)33-26-13-12-21-10-8-9-11-24(21)26/h8-11,14-17,20,22-23,26-27H,7,12-13,18-19H2,1-6H3,(H,31,32,33)/t22-,23-,26+,27+/m1/s1. The molecular weight excluding hydrogens is 541 g/mol. The van der Waals surface area contributed by atoms with Crippen molar-refractivity contribution in [2.45, 2.75) is 89.7 Å². The molecule has 3 aromatic rings. The van der Waals surface area contributed by atoms with Gasteiger partial charge in [-0.1, -0.05) is 51.1 Å². The van der Waals surface area contributed by atoms with Gasteiger partial charge in [-0.05, 0) is 67.9 Å². The number of fused-ring (bicyclic) bond motifs is 2. The molecule has 40 heavy (non-hydrogen) atoms. The maximum absolute atomic E-state index is 12.3. The summed E-state index contributed by atoms with van der Waals surface area (Å²) in [6.45, 7) is 13.0. The second-order valence-electron chi connectivity index (χ2n) is 12.6. The summed E-state index contributed by atoms with van der Waals surface area (Å²) < 4.78 is 38.7. The van der Waals surface area contributed by atoms with Crippen molar-refractivity contribution in [3.05, 3.63) is 65.5 Å². The lowest BCUT2D eigenvalue weighted by Crippen LogP contribution is -2.44. The smallest absolute Gasteiger partial charge is 0.289 e. The van der Waals surface area contributed by atoms with Crippen LogP contribution in [0, 0.1) is 5.92 Å². The first-order valence-electron chi connectivity index (χ1n) is 14.3. The van der Waals surface area contributed by atoms with Crippen LogP contribution < -0.4 is 5.32 Å². The lowest BCUT2D eigenvalue weighted by molar-refractivity contribution is 0.157. The number of nitrogens with zero attached hydrogens (tertiary/aromatic N) is 3. The topological polar surface area (TPSA) is 95.3 Å². The molecule has 1 N–H and O–H groups in total. The third-order valence-corrected chi connectivity index (χ3v) is 14.5. The quantitative estimate of drug-likeness (QED) is 0.220. The summed E-state index contributed by atoms with van der Waals surface area (Å²) in [6.07, 6.45) is 9.04. The number of hydrogen-bond donors (Lipinski definition) is 1. The molecule has 0 aliphatic heterocycles. The van der Waals surface area contributed by atoms with Gasteiger partial charge in [-0.3, -0.25) is 4.18 Å². The zero-order valence-corrected chi connectivity index (χ0v) is 26.2. The van der Waals surface area contributed by atoms with Crippen molar-refractivity contribution >= 4 is 35.3 Å². The number of hydrogen-bond acceptors (Lipinski definition) is 7. The molecule has 10 heteroatoms. The summed E-state index contributed by atoms with van der Waals surface area (Å²) in [5, 5.41) is 5.93. The molecule has 0 bridgehead atoms. The Kier molecular flexibility index (Phi) is 8.00. The molecule has 0 unspecified atom stereocenters. The van der Waals surface area contributed by atoms with Crippen LogP contribution in [0.5, 0.6) is 0 Å². The fraction of sp³-hybridized carbons (Fsp3) is 0.533. The highest BCUT2D eigenvalue weighted by Gasteiger charge is 2.44. The van der Waals surface area contributed by atoms with E-state index >= 15 is 0 Å². The SMILES string of the molecule is CCOS(=O)(=O)C=C[C@@H]1C[C@@H](n2ccc3c(N[C@H]4CCc5ccccc54)ncnc32)C[C@@H]1O[Si](C)(C)C(C)(C)C. The number of aromatic nitrogens is 3. The van der Waals surface area contributed by atoms with Crippen LogP contribution in [-0.4, -0.2) is 44.0 Å². The van der Waals surface area contributed by atoms with Crippen molar-refractivity contribution in [2.24, 2.45) is 5.92 Å². The lowest BCUT2D eigenvalue weighted by atomic mass is 10.1. The summed E-state index contributed by atoms with van der Waals surface area (Å²) in [7, 11) is -5.81. The van der Waals surface area contributed by atoms with Gasteiger partial charge in [0.15, 0.2) is 8.32 Å². The van der Waals surface area contributed by atoms with E-state index in [0.29, 0.717) is 0 Å². The Morgan fingerprint density at radius 1 is 1.15 bits per heavy atom. The fourth-order valence-corrected chi connectivity index (χ4v) is 7.96. The van der Waals surface area contributed by atoms with Crippen LogP contribution in [0.4, 0.5) is 5.82 Å². The Labute approximate surface area is 239 Å². The van der Waals surface area contributed by atoms with Crippen LogP contribution in [0.25, 0.3) is 11.0 Å². The van der Waals surface area contributed by atoms with Crippen molar-refractivity contribution in [3.63, 3.8) is 0 Å². The van der Waals surface area contributed by atoms with Crippen molar-refractivity contribution < 1.29 is 17.0 Å². The molecule has 1 saturated carbocycles. The Bertz CT molecular complexity index is 1490. The minimum atomic E-state index is -3.72. The van der Waals surface area contributed by atoms with Gasteiger partial charge in [0.05, 0.1) is 29.5 Å². The highest BCUT2D eigenvalue weighted by molar-refractivity contribution is 7.89. The molecule has 0 radical (unpaired) electrons. The predicted molar refractivity (Wildman–Crippen MR) is 162 cm³/mol. The molecule has 2 heterocycles. The monoisotopic (exact) mass is 582 g/mol. The van der Waals surface area contributed by atoms with Gasteiger partial charge in [-0.25, -0.2) is 9.97 Å². The maximum atomic E-state index is 12.3. The molecule has 0 saturated heterocycles. The largest absolute Gasteiger partial charge is 0.413 e. The summed E-state index contributed by atoms with van der Waals surface area (Å²) >= 11 is 0. The summed E-state index contributed by atoms with van der Waals surface area (Å²) in [5.41, 5.74) is 3.62. The third kappa shape index (κ3) is 5.91. The van der Waals surface area contributed by atoms with E-state index < -0.39 is 18.4 Å². The minimum absolute atomic E-state index is 0.0452. The van der Waals surface area contributed by atoms with Gasteiger partial charge in [-0.2, -0.15) is 8.42 Å². The Morgan fingerprint density at radius 2 is 1.93 bits per heavy atom. The van der Waals surface area contributed by atoms with Crippen molar-refractivity contribution in [3.8, 4) is 0 Å². The number of rotatable bonds is 9. The second-order valence-corrected chi connectivity index (χ2v) is 18.8. The van der Waals surface area contributed by atoms with Crippen LogP contribution in [0.3, 0.4) is 0 Å². The number of nitrogens with one attached hydrogen (secondary N) is 1. The molecule has 1 aromatic carbocycles. The van der Waals surface area contributed by atoms with Crippen LogP contribution in [0.1, 0.15) is 70.2 Å². The average Bonchev–Trinajstić information content (AvgIpc) is 3.59. The zero-order valence-electron chi connectivity index (χ0n) is 24.4. The van der Waals surface area contributed by atoms with E-state index in [1.54, 1.807) is 19.3 Å². The number of aryl methyl sites for hydroxylation is 1. The van der Waals surface area contributed by atoms with E-state index in [4.69, 9.17) is 8.61 Å². The van der Waals surface area contributed by atoms with E-state index in [1.165, 1.54) is 16.5 Å². The van der Waals surface area contributed by atoms with Gasteiger partial charge in [0.2, 0.25) is 0 Å². The van der Waals surface area contributed by atoms with Crippen molar-refractivity contribution in [1.29, 1.82) is 0 Å². The molecule has 8 nitrogen and oxygen atoms in total. The first-order valence-corrected chi connectivity index (χ1v) is 18.7. The molecule has 216 valence electrons. The molecule has 0 amide bonds. The molecule has 2 aromatic heterocycles. The van der Waals surface area contributed by atoms with E-state index in [1.807, 2.05) is 0 Å². The molecule has 2 aliphatic rings. The first kappa shape index (κ1) is 29.0. The minimum Gasteiger partial charge on any atom is -0.413 e. The molecule has 2 aliphatic carbocycles. The van der Waals surface area contributed by atoms with Crippen LogP contribution in [-0.2, 0) is 25.1 Å². The zero-order chi connectivity index (χ0) is 28.7. The van der Waals surface area contributed by atoms with Crippen molar-refractivity contribution in [2.75, 3.05) is 11.9 Å². The lowest BCUT2D eigenvalue weighted by Gasteiger charge is -2.39. The Balaban J connectivity index is 1.42. The summed E-state index contributed by atoms with van der Waals surface area (Å²) in [6, 6.07) is 11.0. The fourth-order valence-electron chi connectivity index (χ4n) is 5.78. The maximum Gasteiger partial charge on any atom is 0.289 e. The second kappa shape index (κ2) is 11.0. The summed E-state index contributed by atoms with van der Waals surface area (Å²) in [5.74, 6) is 0.790. The van der Waals surface area contributed by atoms with E-state index in [-0.39, 0.29) is 35.8 Å². The van der Waals surface area contributed by atoms with Crippen LogP contribution in [0.15, 0.2) is 54.3 Å². The van der Waals surface area contributed by atoms with Crippen molar-refractivity contribution in [1.82, 2.24) is 14.5 Å². The molecular formula is C30H42N4O4SSi. The predicted octanol–water partition coefficient (Wildman–Crippen LogP) is 6.75. The Morgan fingerprint density at radius 3 is 2.67 bits per heavy atom. The van der Waals surface area contributed by atoms with E-state index in [0.717, 1.165) is 42.5 Å². The van der Waals surface area contributed by atoms with E-state index in [9.17, 15) is 8.42 Å². The first-order chi connectivity index (χ1) is 18.9. The highest BCUT2D eigenvalue weighted by Crippen LogP contribution is 2.45. The molecule has 4 atom stereocenters. The molecule has 5 rings (SSSR count). The summed E-state index contributed by atoms with van der Waals surface area (Å²) in [4.78, 5) is 9.30. The van der Waals surface area contributed by atoms with Crippen LogP contribution >= 0.6 is 0 Å². The normalized spacial score (nSPS) is 23.8. The average molecular weight is 583 g/mol. The van der Waals surface area contributed by atoms with Gasteiger partial charge in [0, 0.05) is 18.2 Å². The molecule has 0 spiro atoms. The number of anilines is 1. The van der Waals surface area contributed by atoms with Gasteiger partial charge >= 0.3 is 0 Å². The van der Waals surface area contributed by atoms with Crippen LogP contribution in [0.2, 0.25) is 18.1 Å². The Hall–Kier alpha value is -2.53. The number of benzene rings is 1.